The van der Waals surface area contributed by atoms with E-state index in [4.69, 9.17) is 11.0 Å². The topological polar surface area (TPSA) is 67.6 Å². The first-order valence-corrected chi connectivity index (χ1v) is 6.63. The van der Waals surface area contributed by atoms with Gasteiger partial charge >= 0.3 is 0 Å². The molecule has 0 radical (unpaired) electrons. The van der Waals surface area contributed by atoms with E-state index in [2.05, 4.69) is 5.10 Å². The molecule has 0 saturated heterocycles. The second kappa shape index (κ2) is 5.74. The Morgan fingerprint density at radius 3 is 2.70 bits per heavy atom. The zero-order chi connectivity index (χ0) is 14.7. The molecule has 1 aromatic heterocycles. The van der Waals surface area contributed by atoms with Crippen LogP contribution in [0.2, 0.25) is 0 Å². The van der Waals surface area contributed by atoms with Crippen LogP contribution in [0.5, 0.6) is 0 Å². The third-order valence-corrected chi connectivity index (χ3v) is 3.36. The van der Waals surface area contributed by atoms with Crippen molar-refractivity contribution in [3.05, 3.63) is 46.5 Å². The molecule has 1 heterocycles. The normalized spacial score (nSPS) is 10.5. The van der Waals surface area contributed by atoms with Crippen LogP contribution in [0, 0.1) is 17.1 Å². The minimum Gasteiger partial charge on any atom is -0.396 e. The molecule has 2 rings (SSSR count). The summed E-state index contributed by atoms with van der Waals surface area (Å²) in [5, 5.41) is 13.3. The van der Waals surface area contributed by atoms with Crippen molar-refractivity contribution in [3.8, 4) is 6.07 Å². The molecule has 1 aromatic carbocycles. The van der Waals surface area contributed by atoms with Gasteiger partial charge in [-0.25, -0.2) is 4.39 Å². The summed E-state index contributed by atoms with van der Waals surface area (Å²) in [7, 11) is 0. The summed E-state index contributed by atoms with van der Waals surface area (Å²) in [6.07, 6.45) is 1.48. The van der Waals surface area contributed by atoms with Crippen LogP contribution in [0.3, 0.4) is 0 Å². The molecule has 0 unspecified atom stereocenters. The SMILES string of the molecule is CCc1nn(Cc2cccc(C#N)c2F)c(CC)c1N. The van der Waals surface area contributed by atoms with E-state index in [0.29, 0.717) is 11.3 Å². The first-order valence-electron chi connectivity index (χ1n) is 6.63. The fraction of sp³-hybridized carbons (Fsp3) is 0.333. The highest BCUT2D eigenvalue weighted by Gasteiger charge is 2.15. The Morgan fingerprint density at radius 1 is 1.35 bits per heavy atom. The molecule has 20 heavy (non-hydrogen) atoms. The van der Waals surface area contributed by atoms with Crippen molar-refractivity contribution in [1.29, 1.82) is 5.26 Å². The minimum atomic E-state index is -0.482. The Bertz CT molecular complexity index is 667. The average molecular weight is 272 g/mol. The van der Waals surface area contributed by atoms with Gasteiger partial charge < -0.3 is 5.73 Å². The fourth-order valence-electron chi connectivity index (χ4n) is 2.28. The predicted octanol–water partition coefficient (Wildman–Crippen LogP) is 2.65. The Kier molecular flexibility index (Phi) is 4.04. The van der Waals surface area contributed by atoms with E-state index in [1.165, 1.54) is 6.07 Å². The van der Waals surface area contributed by atoms with Gasteiger partial charge in [0.05, 0.1) is 29.2 Å². The number of nitrogen functional groups attached to an aromatic ring is 1. The predicted molar refractivity (Wildman–Crippen MR) is 75.6 cm³/mol. The first-order chi connectivity index (χ1) is 9.62. The number of hydrogen-bond donors (Lipinski definition) is 1. The molecule has 0 amide bonds. The minimum absolute atomic E-state index is 0.0522. The second-order valence-corrected chi connectivity index (χ2v) is 4.56. The molecule has 0 spiro atoms. The number of anilines is 1. The van der Waals surface area contributed by atoms with Gasteiger partial charge in [0.1, 0.15) is 11.9 Å². The van der Waals surface area contributed by atoms with Gasteiger partial charge in [0.15, 0.2) is 0 Å². The van der Waals surface area contributed by atoms with E-state index < -0.39 is 5.82 Å². The van der Waals surface area contributed by atoms with Crippen LogP contribution in [0.1, 0.15) is 36.4 Å². The molecule has 0 fully saturated rings. The third kappa shape index (κ3) is 2.37. The van der Waals surface area contributed by atoms with Crippen molar-refractivity contribution in [2.24, 2.45) is 0 Å². The zero-order valence-electron chi connectivity index (χ0n) is 11.7. The van der Waals surface area contributed by atoms with Crippen molar-refractivity contribution >= 4 is 5.69 Å². The number of aryl methyl sites for hydroxylation is 1. The lowest BCUT2D eigenvalue weighted by atomic mass is 10.1. The monoisotopic (exact) mass is 272 g/mol. The molecular weight excluding hydrogens is 255 g/mol. The summed E-state index contributed by atoms with van der Waals surface area (Å²) >= 11 is 0. The fourth-order valence-corrected chi connectivity index (χ4v) is 2.28. The maximum Gasteiger partial charge on any atom is 0.146 e. The van der Waals surface area contributed by atoms with Crippen molar-refractivity contribution in [1.82, 2.24) is 9.78 Å². The van der Waals surface area contributed by atoms with Gasteiger partial charge in [-0.3, -0.25) is 4.68 Å². The number of halogens is 1. The standard InChI is InChI=1S/C15H17FN4/c1-3-12-15(18)13(4-2)20(19-12)9-11-7-5-6-10(8-17)14(11)16/h5-7H,3-4,9,18H2,1-2H3. The molecule has 5 heteroatoms. The Hall–Kier alpha value is -2.35. The van der Waals surface area contributed by atoms with Gasteiger partial charge in [-0.1, -0.05) is 26.0 Å². The summed E-state index contributed by atoms with van der Waals surface area (Å²) in [6.45, 7) is 4.26. The van der Waals surface area contributed by atoms with Crippen molar-refractivity contribution in [3.63, 3.8) is 0 Å². The smallest absolute Gasteiger partial charge is 0.146 e. The highest BCUT2D eigenvalue weighted by atomic mass is 19.1. The van der Waals surface area contributed by atoms with Crippen LogP contribution >= 0.6 is 0 Å². The summed E-state index contributed by atoms with van der Waals surface area (Å²) in [5.74, 6) is -0.482. The third-order valence-electron chi connectivity index (χ3n) is 3.36. The highest BCUT2D eigenvalue weighted by Crippen LogP contribution is 2.21. The van der Waals surface area contributed by atoms with Crippen LogP contribution in [0.25, 0.3) is 0 Å². The van der Waals surface area contributed by atoms with Crippen LogP contribution in [-0.2, 0) is 19.4 Å². The van der Waals surface area contributed by atoms with Crippen molar-refractivity contribution < 1.29 is 4.39 Å². The number of hydrogen-bond acceptors (Lipinski definition) is 3. The van der Waals surface area contributed by atoms with E-state index in [1.54, 1.807) is 16.8 Å². The Morgan fingerprint density at radius 2 is 2.10 bits per heavy atom. The average Bonchev–Trinajstić information content (AvgIpc) is 2.76. The number of benzene rings is 1. The first kappa shape index (κ1) is 14.1. The Balaban J connectivity index is 2.43. The second-order valence-electron chi connectivity index (χ2n) is 4.56. The lowest BCUT2D eigenvalue weighted by Crippen LogP contribution is -2.08. The molecule has 0 atom stereocenters. The van der Waals surface area contributed by atoms with E-state index >= 15 is 0 Å². The summed E-state index contributed by atoms with van der Waals surface area (Å²) in [4.78, 5) is 0. The number of nitriles is 1. The molecule has 2 N–H and O–H groups in total. The van der Waals surface area contributed by atoms with Gasteiger partial charge in [0.25, 0.3) is 0 Å². The van der Waals surface area contributed by atoms with Crippen LogP contribution in [0.15, 0.2) is 18.2 Å². The molecule has 0 bridgehead atoms. The Labute approximate surface area is 117 Å². The molecule has 2 aromatic rings. The van der Waals surface area contributed by atoms with Crippen LogP contribution in [0.4, 0.5) is 10.1 Å². The van der Waals surface area contributed by atoms with Crippen molar-refractivity contribution in [2.45, 2.75) is 33.2 Å². The largest absolute Gasteiger partial charge is 0.396 e. The zero-order valence-corrected chi connectivity index (χ0v) is 11.7. The maximum absolute atomic E-state index is 14.1. The van der Waals surface area contributed by atoms with Gasteiger partial charge in [-0.2, -0.15) is 10.4 Å². The van der Waals surface area contributed by atoms with Crippen LogP contribution < -0.4 is 5.73 Å². The summed E-state index contributed by atoms with van der Waals surface area (Å²) in [6, 6.07) is 6.66. The van der Waals surface area contributed by atoms with Crippen LogP contribution in [-0.4, -0.2) is 9.78 Å². The van der Waals surface area contributed by atoms with E-state index in [-0.39, 0.29) is 12.1 Å². The summed E-state index contributed by atoms with van der Waals surface area (Å²) < 4.78 is 15.8. The lowest BCUT2D eigenvalue weighted by Gasteiger charge is -2.08. The molecule has 0 aliphatic heterocycles. The highest BCUT2D eigenvalue weighted by molar-refractivity contribution is 5.48. The maximum atomic E-state index is 14.1. The van der Waals surface area contributed by atoms with Crippen molar-refractivity contribution in [2.75, 3.05) is 5.73 Å². The molecule has 0 saturated carbocycles. The van der Waals surface area contributed by atoms with E-state index in [9.17, 15) is 4.39 Å². The lowest BCUT2D eigenvalue weighted by molar-refractivity contribution is 0.571. The number of aromatic nitrogens is 2. The van der Waals surface area contributed by atoms with Gasteiger partial charge in [-0.05, 0) is 18.9 Å². The molecule has 104 valence electrons. The van der Waals surface area contributed by atoms with Gasteiger partial charge in [0, 0.05) is 5.56 Å². The molecule has 0 aliphatic carbocycles. The summed E-state index contributed by atoms with van der Waals surface area (Å²) in [5.41, 5.74) is 8.97. The van der Waals surface area contributed by atoms with Gasteiger partial charge in [-0.15, -0.1) is 0 Å². The molecule has 0 aliphatic rings. The molecular formula is C15H17FN4. The number of nitrogens with two attached hydrogens (primary N) is 1. The number of nitrogens with zero attached hydrogens (tertiary/aromatic N) is 3. The van der Waals surface area contributed by atoms with E-state index in [0.717, 1.165) is 24.2 Å². The quantitative estimate of drug-likeness (QED) is 0.930. The van der Waals surface area contributed by atoms with Gasteiger partial charge in [0.2, 0.25) is 0 Å². The van der Waals surface area contributed by atoms with E-state index in [1.807, 2.05) is 19.9 Å². The number of rotatable bonds is 4. The molecule has 4 nitrogen and oxygen atoms in total.